The average molecular weight is 276 g/mol. The Balaban J connectivity index is 2.20. The molecule has 100 valence electrons. The van der Waals surface area contributed by atoms with Crippen LogP contribution in [-0.2, 0) is 5.75 Å². The summed E-state index contributed by atoms with van der Waals surface area (Å²) in [6.45, 7) is 2.07. The Labute approximate surface area is 115 Å². The van der Waals surface area contributed by atoms with Crippen molar-refractivity contribution in [2.75, 3.05) is 16.8 Å². The van der Waals surface area contributed by atoms with E-state index in [1.54, 1.807) is 23.9 Å². The standard InChI is InChI=1S/C13H16N4OS/c1-2-19-8-11-7-12(18)17-13(16-11)15-10-5-3-4-9(14)6-10/h3-7H,2,8,14H2,1H3,(H2,15,16,17,18). The second-order valence-corrected chi connectivity index (χ2v) is 5.25. The van der Waals surface area contributed by atoms with Crippen molar-refractivity contribution in [2.45, 2.75) is 12.7 Å². The summed E-state index contributed by atoms with van der Waals surface area (Å²) >= 11 is 1.72. The largest absolute Gasteiger partial charge is 0.399 e. The number of nitrogen functional groups attached to an aromatic ring is 1. The van der Waals surface area contributed by atoms with E-state index in [2.05, 4.69) is 22.2 Å². The molecule has 0 aliphatic carbocycles. The van der Waals surface area contributed by atoms with Gasteiger partial charge in [-0.15, -0.1) is 0 Å². The number of benzene rings is 1. The van der Waals surface area contributed by atoms with E-state index in [-0.39, 0.29) is 5.56 Å². The van der Waals surface area contributed by atoms with Gasteiger partial charge in [-0.2, -0.15) is 11.8 Å². The molecule has 1 heterocycles. The topological polar surface area (TPSA) is 83.8 Å². The van der Waals surface area contributed by atoms with Crippen molar-refractivity contribution >= 4 is 29.1 Å². The molecule has 0 amide bonds. The average Bonchev–Trinajstić information content (AvgIpc) is 2.35. The SMILES string of the molecule is CCSCc1cc(=O)[nH]c(Nc2cccc(N)c2)n1. The summed E-state index contributed by atoms with van der Waals surface area (Å²) in [4.78, 5) is 18.6. The van der Waals surface area contributed by atoms with E-state index in [0.717, 1.165) is 22.9 Å². The van der Waals surface area contributed by atoms with Gasteiger partial charge in [0.1, 0.15) is 0 Å². The maximum Gasteiger partial charge on any atom is 0.252 e. The molecule has 0 unspecified atom stereocenters. The Morgan fingerprint density at radius 2 is 2.26 bits per heavy atom. The fourth-order valence-electron chi connectivity index (χ4n) is 1.60. The van der Waals surface area contributed by atoms with Gasteiger partial charge in [0.25, 0.3) is 5.56 Å². The molecular weight excluding hydrogens is 260 g/mol. The minimum absolute atomic E-state index is 0.159. The van der Waals surface area contributed by atoms with Crippen LogP contribution in [0.15, 0.2) is 35.1 Å². The summed E-state index contributed by atoms with van der Waals surface area (Å²) in [5.74, 6) is 2.16. The molecule has 5 nitrogen and oxygen atoms in total. The maximum absolute atomic E-state index is 11.6. The van der Waals surface area contributed by atoms with Crippen molar-refractivity contribution in [3.8, 4) is 0 Å². The number of anilines is 3. The first kappa shape index (κ1) is 13.5. The number of thioether (sulfide) groups is 1. The van der Waals surface area contributed by atoms with Gasteiger partial charge >= 0.3 is 0 Å². The molecule has 0 fully saturated rings. The predicted octanol–water partition coefficient (Wildman–Crippen LogP) is 2.35. The molecule has 4 N–H and O–H groups in total. The number of hydrogen-bond donors (Lipinski definition) is 3. The van der Waals surface area contributed by atoms with Gasteiger partial charge in [0, 0.05) is 23.2 Å². The zero-order valence-corrected chi connectivity index (χ0v) is 11.5. The molecular formula is C13H16N4OS. The molecule has 2 aromatic rings. The van der Waals surface area contributed by atoms with E-state index < -0.39 is 0 Å². The van der Waals surface area contributed by atoms with Gasteiger partial charge in [0.05, 0.1) is 5.69 Å². The summed E-state index contributed by atoms with van der Waals surface area (Å²) in [7, 11) is 0. The number of nitrogens with two attached hydrogens (primary N) is 1. The van der Waals surface area contributed by atoms with Crippen LogP contribution in [0.3, 0.4) is 0 Å². The first-order chi connectivity index (χ1) is 9.17. The van der Waals surface area contributed by atoms with Crippen molar-refractivity contribution in [3.05, 3.63) is 46.4 Å². The van der Waals surface area contributed by atoms with Crippen LogP contribution < -0.4 is 16.6 Å². The predicted molar refractivity (Wildman–Crippen MR) is 80.8 cm³/mol. The molecule has 0 aliphatic rings. The van der Waals surface area contributed by atoms with Crippen LogP contribution in [0.5, 0.6) is 0 Å². The molecule has 0 saturated heterocycles. The smallest absolute Gasteiger partial charge is 0.252 e. The molecule has 0 aliphatic heterocycles. The number of aromatic nitrogens is 2. The highest BCUT2D eigenvalue weighted by atomic mass is 32.2. The third-order valence-electron chi connectivity index (χ3n) is 2.40. The molecule has 0 bridgehead atoms. The van der Waals surface area contributed by atoms with Crippen LogP contribution in [0.2, 0.25) is 0 Å². The van der Waals surface area contributed by atoms with E-state index >= 15 is 0 Å². The minimum atomic E-state index is -0.159. The summed E-state index contributed by atoms with van der Waals surface area (Å²) in [6, 6.07) is 8.81. The van der Waals surface area contributed by atoms with Gasteiger partial charge in [-0.1, -0.05) is 13.0 Å². The highest BCUT2D eigenvalue weighted by Gasteiger charge is 2.02. The summed E-state index contributed by atoms with van der Waals surface area (Å²) in [6.07, 6.45) is 0. The monoisotopic (exact) mass is 276 g/mol. The Hall–Kier alpha value is -1.95. The van der Waals surface area contributed by atoms with E-state index in [1.807, 2.05) is 12.1 Å². The number of hydrogen-bond acceptors (Lipinski definition) is 5. The Morgan fingerprint density at radius 1 is 1.42 bits per heavy atom. The second kappa shape index (κ2) is 6.29. The third kappa shape index (κ3) is 4.03. The van der Waals surface area contributed by atoms with Crippen LogP contribution in [0.25, 0.3) is 0 Å². The summed E-state index contributed by atoms with van der Waals surface area (Å²) in [5.41, 5.74) is 7.76. The lowest BCUT2D eigenvalue weighted by molar-refractivity contribution is 1.06. The molecule has 6 heteroatoms. The van der Waals surface area contributed by atoms with Crippen LogP contribution in [0, 0.1) is 0 Å². The van der Waals surface area contributed by atoms with Gasteiger partial charge in [-0.05, 0) is 24.0 Å². The molecule has 0 radical (unpaired) electrons. The summed E-state index contributed by atoms with van der Waals surface area (Å²) < 4.78 is 0. The Kier molecular flexibility index (Phi) is 4.46. The number of nitrogens with zero attached hydrogens (tertiary/aromatic N) is 1. The highest BCUT2D eigenvalue weighted by Crippen LogP contribution is 2.16. The molecule has 0 atom stereocenters. The van der Waals surface area contributed by atoms with E-state index in [4.69, 9.17) is 5.73 Å². The number of aromatic amines is 1. The number of H-pyrrole nitrogens is 1. The van der Waals surface area contributed by atoms with Crippen molar-refractivity contribution < 1.29 is 0 Å². The van der Waals surface area contributed by atoms with Crippen molar-refractivity contribution in [2.24, 2.45) is 0 Å². The first-order valence-electron chi connectivity index (χ1n) is 5.98. The number of nitrogens with one attached hydrogen (secondary N) is 2. The van der Waals surface area contributed by atoms with Gasteiger partial charge in [-0.25, -0.2) is 4.98 Å². The highest BCUT2D eigenvalue weighted by molar-refractivity contribution is 7.98. The van der Waals surface area contributed by atoms with Crippen LogP contribution in [-0.4, -0.2) is 15.7 Å². The lowest BCUT2D eigenvalue weighted by Gasteiger charge is -2.07. The van der Waals surface area contributed by atoms with E-state index in [0.29, 0.717) is 11.6 Å². The first-order valence-corrected chi connectivity index (χ1v) is 7.13. The fraction of sp³-hybridized carbons (Fsp3) is 0.231. The van der Waals surface area contributed by atoms with E-state index in [9.17, 15) is 4.79 Å². The summed E-state index contributed by atoms with van der Waals surface area (Å²) in [5, 5.41) is 3.05. The van der Waals surface area contributed by atoms with Gasteiger partial charge in [0.2, 0.25) is 5.95 Å². The maximum atomic E-state index is 11.6. The molecule has 0 spiro atoms. The Bertz CT molecular complexity index is 612. The zero-order chi connectivity index (χ0) is 13.7. The van der Waals surface area contributed by atoms with Gasteiger partial charge in [0.15, 0.2) is 0 Å². The van der Waals surface area contributed by atoms with Crippen molar-refractivity contribution in [1.29, 1.82) is 0 Å². The van der Waals surface area contributed by atoms with Gasteiger partial charge in [-0.3, -0.25) is 9.78 Å². The fourth-order valence-corrected chi connectivity index (χ4v) is 2.16. The quantitative estimate of drug-likeness (QED) is 0.730. The third-order valence-corrected chi connectivity index (χ3v) is 3.31. The van der Waals surface area contributed by atoms with Crippen molar-refractivity contribution in [1.82, 2.24) is 9.97 Å². The van der Waals surface area contributed by atoms with Gasteiger partial charge < -0.3 is 11.1 Å². The van der Waals surface area contributed by atoms with Crippen molar-refractivity contribution in [3.63, 3.8) is 0 Å². The van der Waals surface area contributed by atoms with Crippen LogP contribution in [0.1, 0.15) is 12.6 Å². The molecule has 2 rings (SSSR count). The molecule has 1 aromatic heterocycles. The van der Waals surface area contributed by atoms with E-state index in [1.165, 1.54) is 6.07 Å². The molecule has 19 heavy (non-hydrogen) atoms. The van der Waals surface area contributed by atoms with Crippen LogP contribution in [0.4, 0.5) is 17.3 Å². The molecule has 0 saturated carbocycles. The number of rotatable bonds is 5. The normalized spacial score (nSPS) is 10.4. The van der Waals surface area contributed by atoms with Crippen LogP contribution >= 0.6 is 11.8 Å². The lowest BCUT2D eigenvalue weighted by atomic mass is 10.3. The second-order valence-electron chi connectivity index (χ2n) is 3.97. The Morgan fingerprint density at radius 3 is 3.00 bits per heavy atom. The lowest BCUT2D eigenvalue weighted by Crippen LogP contribution is -2.11. The minimum Gasteiger partial charge on any atom is -0.399 e. The molecule has 1 aromatic carbocycles. The zero-order valence-electron chi connectivity index (χ0n) is 10.6.